The smallest absolute Gasteiger partial charge is 0.228 e. The van der Waals surface area contributed by atoms with Crippen LogP contribution < -0.4 is 0 Å². The van der Waals surface area contributed by atoms with Crippen molar-refractivity contribution in [1.29, 1.82) is 0 Å². The molecule has 1 aromatic carbocycles. The fraction of sp³-hybridized carbons (Fsp3) is 0.429. The highest BCUT2D eigenvalue weighted by atomic mass is 32.2. The highest BCUT2D eigenvalue weighted by molar-refractivity contribution is 7.90. The zero-order valence-electron chi connectivity index (χ0n) is 17.2. The molecule has 158 valence electrons. The van der Waals surface area contributed by atoms with Crippen molar-refractivity contribution in [2.24, 2.45) is 5.92 Å². The van der Waals surface area contributed by atoms with Gasteiger partial charge in [0.15, 0.2) is 0 Å². The number of hydrogen-bond acceptors (Lipinski definition) is 5. The summed E-state index contributed by atoms with van der Waals surface area (Å²) in [6.07, 6.45) is 3.18. The number of sulfone groups is 1. The molecular weight excluding hydrogens is 390 g/mol. The monoisotopic (exact) mass is 419 g/mol. The van der Waals surface area contributed by atoms with Crippen molar-refractivity contribution in [3.05, 3.63) is 60.4 Å². The molecule has 1 aromatic heterocycles. The van der Waals surface area contributed by atoms with Crippen LogP contribution in [0.1, 0.15) is 25.1 Å². The SMILES string of the molecule is C=CCN(Cc1cnc(S(=O)(=O)Cc2ccccc2)n1CCOC)C(=O)C(C)C. The van der Waals surface area contributed by atoms with Crippen molar-refractivity contribution in [3.8, 4) is 0 Å². The number of imidazole rings is 1. The Morgan fingerprint density at radius 2 is 2.00 bits per heavy atom. The number of amides is 1. The first-order valence-corrected chi connectivity index (χ1v) is 11.1. The largest absolute Gasteiger partial charge is 0.383 e. The van der Waals surface area contributed by atoms with Gasteiger partial charge in [0.25, 0.3) is 0 Å². The maximum atomic E-state index is 13.0. The third-order valence-corrected chi connectivity index (χ3v) is 6.00. The molecule has 8 heteroatoms. The van der Waals surface area contributed by atoms with Gasteiger partial charge in [-0.25, -0.2) is 13.4 Å². The fourth-order valence-electron chi connectivity index (χ4n) is 3.00. The molecule has 0 N–H and O–H groups in total. The Morgan fingerprint density at radius 1 is 1.31 bits per heavy atom. The van der Waals surface area contributed by atoms with Gasteiger partial charge in [-0.2, -0.15) is 0 Å². The van der Waals surface area contributed by atoms with Crippen LogP contribution in [0.4, 0.5) is 0 Å². The minimum Gasteiger partial charge on any atom is -0.383 e. The summed E-state index contributed by atoms with van der Waals surface area (Å²) in [5.41, 5.74) is 1.34. The number of rotatable bonds is 11. The molecule has 0 fully saturated rings. The van der Waals surface area contributed by atoms with E-state index in [0.717, 1.165) is 0 Å². The predicted molar refractivity (Wildman–Crippen MR) is 112 cm³/mol. The second-order valence-electron chi connectivity index (χ2n) is 7.08. The van der Waals surface area contributed by atoms with Crippen molar-refractivity contribution in [3.63, 3.8) is 0 Å². The zero-order chi connectivity index (χ0) is 21.4. The van der Waals surface area contributed by atoms with E-state index in [1.54, 1.807) is 46.9 Å². The van der Waals surface area contributed by atoms with E-state index in [1.807, 2.05) is 19.9 Å². The highest BCUT2D eigenvalue weighted by Gasteiger charge is 2.25. The zero-order valence-corrected chi connectivity index (χ0v) is 18.1. The molecule has 0 saturated carbocycles. The molecule has 29 heavy (non-hydrogen) atoms. The summed E-state index contributed by atoms with van der Waals surface area (Å²) in [5.74, 6) is -0.344. The van der Waals surface area contributed by atoms with Gasteiger partial charge in [-0.3, -0.25) is 4.79 Å². The third-order valence-electron chi connectivity index (χ3n) is 4.41. The number of ether oxygens (including phenoxy) is 1. The van der Waals surface area contributed by atoms with Gasteiger partial charge in [0, 0.05) is 26.1 Å². The Morgan fingerprint density at radius 3 is 2.59 bits per heavy atom. The standard InChI is InChI=1S/C21H29N3O4S/c1-5-11-23(20(25)17(2)3)15-19-14-22-21(24(19)12-13-28-4)29(26,27)16-18-9-7-6-8-10-18/h5-10,14,17H,1,11-13,15-16H2,2-4H3. The predicted octanol–water partition coefficient (Wildman–Crippen LogP) is 2.67. The summed E-state index contributed by atoms with van der Waals surface area (Å²) in [5, 5.41) is -0.0102. The number of carbonyl (C=O) groups excluding carboxylic acids is 1. The molecule has 2 aromatic rings. The van der Waals surface area contributed by atoms with Gasteiger partial charge in [0.05, 0.1) is 30.8 Å². The molecule has 0 saturated heterocycles. The topological polar surface area (TPSA) is 81.5 Å². The van der Waals surface area contributed by atoms with Crippen LogP contribution in [-0.4, -0.2) is 49.0 Å². The van der Waals surface area contributed by atoms with E-state index in [0.29, 0.717) is 31.0 Å². The number of hydrogen-bond donors (Lipinski definition) is 0. The van der Waals surface area contributed by atoms with Gasteiger partial charge in [-0.05, 0) is 5.56 Å². The summed E-state index contributed by atoms with van der Waals surface area (Å²) in [6.45, 7) is 8.66. The van der Waals surface area contributed by atoms with Crippen LogP contribution in [0.3, 0.4) is 0 Å². The minimum atomic E-state index is -3.67. The Hall–Kier alpha value is -2.45. The Bertz CT molecular complexity index is 921. The first kappa shape index (κ1) is 22.8. The molecule has 0 spiro atoms. The average molecular weight is 420 g/mol. The summed E-state index contributed by atoms with van der Waals surface area (Å²) < 4.78 is 32.8. The molecule has 0 aliphatic carbocycles. The summed E-state index contributed by atoms with van der Waals surface area (Å²) in [4.78, 5) is 18.4. The van der Waals surface area contributed by atoms with Crippen LogP contribution in [0.15, 0.2) is 54.3 Å². The van der Waals surface area contributed by atoms with E-state index in [2.05, 4.69) is 11.6 Å². The second kappa shape index (κ2) is 10.4. The van der Waals surface area contributed by atoms with Crippen LogP contribution >= 0.6 is 0 Å². The Balaban J connectivity index is 2.38. The summed E-state index contributed by atoms with van der Waals surface area (Å²) >= 11 is 0. The number of methoxy groups -OCH3 is 1. The van der Waals surface area contributed by atoms with Crippen LogP contribution in [-0.2, 0) is 38.2 Å². The molecule has 0 aliphatic rings. The van der Waals surface area contributed by atoms with Crippen molar-refractivity contribution in [1.82, 2.24) is 14.5 Å². The maximum Gasteiger partial charge on any atom is 0.228 e. The normalized spacial score (nSPS) is 11.6. The first-order valence-electron chi connectivity index (χ1n) is 9.49. The second-order valence-corrected chi connectivity index (χ2v) is 8.97. The Kier molecular flexibility index (Phi) is 8.16. The van der Waals surface area contributed by atoms with Crippen molar-refractivity contribution in [2.75, 3.05) is 20.3 Å². The molecule has 7 nitrogen and oxygen atoms in total. The molecule has 0 aliphatic heterocycles. The van der Waals surface area contributed by atoms with E-state index >= 15 is 0 Å². The van der Waals surface area contributed by atoms with E-state index in [9.17, 15) is 13.2 Å². The Labute approximate surface area is 172 Å². The summed E-state index contributed by atoms with van der Waals surface area (Å²) in [6, 6.07) is 8.99. The fourth-order valence-corrected chi connectivity index (χ4v) is 4.51. The van der Waals surface area contributed by atoms with Crippen molar-refractivity contribution in [2.45, 2.75) is 37.8 Å². The number of nitrogens with zero attached hydrogens (tertiary/aromatic N) is 3. The molecule has 1 amide bonds. The number of carbonyl (C=O) groups is 1. The molecule has 0 bridgehead atoms. The average Bonchev–Trinajstić information content (AvgIpc) is 3.09. The van der Waals surface area contributed by atoms with Gasteiger partial charge in [-0.15, -0.1) is 6.58 Å². The maximum absolute atomic E-state index is 13.0. The minimum absolute atomic E-state index is 0.0102. The molecule has 0 radical (unpaired) electrons. The lowest BCUT2D eigenvalue weighted by Crippen LogP contribution is -2.34. The number of aromatic nitrogens is 2. The van der Waals surface area contributed by atoms with E-state index in [4.69, 9.17) is 4.74 Å². The number of benzene rings is 1. The lowest BCUT2D eigenvalue weighted by molar-refractivity contribution is -0.134. The van der Waals surface area contributed by atoms with Gasteiger partial charge in [0.2, 0.25) is 20.9 Å². The third kappa shape index (κ3) is 6.01. The van der Waals surface area contributed by atoms with Gasteiger partial charge >= 0.3 is 0 Å². The molecular formula is C21H29N3O4S. The molecule has 1 heterocycles. The van der Waals surface area contributed by atoms with Crippen LogP contribution in [0.2, 0.25) is 0 Å². The van der Waals surface area contributed by atoms with Crippen LogP contribution in [0, 0.1) is 5.92 Å². The lowest BCUT2D eigenvalue weighted by atomic mass is 10.2. The lowest BCUT2D eigenvalue weighted by Gasteiger charge is -2.24. The van der Waals surface area contributed by atoms with Crippen LogP contribution in [0.5, 0.6) is 0 Å². The van der Waals surface area contributed by atoms with Gasteiger partial charge in [-0.1, -0.05) is 50.3 Å². The molecule has 0 atom stereocenters. The van der Waals surface area contributed by atoms with E-state index in [-0.39, 0.29) is 29.3 Å². The molecule has 2 rings (SSSR count). The quantitative estimate of drug-likeness (QED) is 0.523. The van der Waals surface area contributed by atoms with Crippen molar-refractivity contribution >= 4 is 15.7 Å². The van der Waals surface area contributed by atoms with Gasteiger partial charge in [0.1, 0.15) is 0 Å². The van der Waals surface area contributed by atoms with Gasteiger partial charge < -0.3 is 14.2 Å². The first-order chi connectivity index (χ1) is 13.8. The van der Waals surface area contributed by atoms with E-state index < -0.39 is 9.84 Å². The molecule has 0 unspecified atom stereocenters. The van der Waals surface area contributed by atoms with Crippen LogP contribution in [0.25, 0.3) is 0 Å². The highest BCUT2D eigenvalue weighted by Crippen LogP contribution is 2.19. The van der Waals surface area contributed by atoms with E-state index in [1.165, 1.54) is 6.20 Å². The summed E-state index contributed by atoms with van der Waals surface area (Å²) in [7, 11) is -2.11. The van der Waals surface area contributed by atoms with Crippen molar-refractivity contribution < 1.29 is 17.9 Å².